The first-order valence-corrected chi connectivity index (χ1v) is 42.8. The summed E-state index contributed by atoms with van der Waals surface area (Å²) in [7, 11) is -9.97. The maximum absolute atomic E-state index is 13.1. The number of aliphatic hydroxyl groups excluding tert-OH is 1. The summed E-state index contributed by atoms with van der Waals surface area (Å²) in [6.07, 6.45) is 81.9. The van der Waals surface area contributed by atoms with Crippen LogP contribution in [-0.2, 0) is 65.4 Å². The zero-order chi connectivity index (χ0) is 74.6. The lowest BCUT2D eigenvalue weighted by molar-refractivity contribution is -0.161. The van der Waals surface area contributed by atoms with E-state index < -0.39 is 97.5 Å². The monoisotopic (exact) mass is 1470 g/mol. The molecule has 0 amide bonds. The Morgan fingerprint density at radius 1 is 0.284 bits per heavy atom. The summed E-state index contributed by atoms with van der Waals surface area (Å²) < 4.78 is 68.5. The Kier molecular flexibility index (Phi) is 71.4. The molecule has 17 nitrogen and oxygen atoms in total. The molecule has 3 N–H and O–H groups in total. The van der Waals surface area contributed by atoms with Gasteiger partial charge in [0.2, 0.25) is 0 Å². The molecule has 0 spiro atoms. The quantitative estimate of drug-likeness (QED) is 0.0169. The number of carbonyl (C=O) groups excluding carboxylic acids is 4. The molecule has 19 heteroatoms. The summed E-state index contributed by atoms with van der Waals surface area (Å²) in [6, 6.07) is 0. The third-order valence-electron chi connectivity index (χ3n) is 16.4. The van der Waals surface area contributed by atoms with Crippen LogP contribution in [0.1, 0.15) is 323 Å². The van der Waals surface area contributed by atoms with Crippen LogP contribution in [0.25, 0.3) is 0 Å². The predicted octanol–water partition coefficient (Wildman–Crippen LogP) is 23.1. The van der Waals surface area contributed by atoms with Gasteiger partial charge in [-0.15, -0.1) is 0 Å². The van der Waals surface area contributed by atoms with Crippen LogP contribution in [0.5, 0.6) is 0 Å². The Hall–Kier alpha value is -4.54. The van der Waals surface area contributed by atoms with Crippen molar-refractivity contribution >= 4 is 39.5 Å². The lowest BCUT2D eigenvalue weighted by Gasteiger charge is -2.21. The molecule has 0 aromatic carbocycles. The highest BCUT2D eigenvalue weighted by atomic mass is 31.2. The van der Waals surface area contributed by atoms with E-state index >= 15 is 0 Å². The van der Waals surface area contributed by atoms with Crippen LogP contribution in [0.15, 0.2) is 122 Å². The normalized spacial score (nSPS) is 14.5. The molecule has 5 atom stereocenters. The van der Waals surface area contributed by atoms with Gasteiger partial charge in [-0.25, -0.2) is 9.13 Å². The van der Waals surface area contributed by atoms with Crippen molar-refractivity contribution < 1.29 is 80.2 Å². The highest BCUT2D eigenvalue weighted by Crippen LogP contribution is 2.45. The molecule has 0 rings (SSSR count). The molecule has 0 aromatic heterocycles. The second-order valence-electron chi connectivity index (χ2n) is 26.2. The zero-order valence-corrected chi connectivity index (χ0v) is 65.8. The topological polar surface area (TPSA) is 237 Å². The predicted molar refractivity (Wildman–Crippen MR) is 418 cm³/mol. The number of phosphoric ester groups is 2. The first-order valence-electron chi connectivity index (χ1n) is 39.8. The fourth-order valence-corrected chi connectivity index (χ4v) is 12.0. The molecule has 0 saturated carbocycles. The molecule has 0 aliphatic heterocycles. The first-order chi connectivity index (χ1) is 49.7. The average molecular weight is 1470 g/mol. The maximum atomic E-state index is 13.1. The van der Waals surface area contributed by atoms with Crippen molar-refractivity contribution in [3.05, 3.63) is 122 Å². The van der Waals surface area contributed by atoms with Crippen LogP contribution in [0.4, 0.5) is 0 Å². The van der Waals surface area contributed by atoms with Gasteiger partial charge in [0.25, 0.3) is 0 Å². The van der Waals surface area contributed by atoms with Gasteiger partial charge in [-0.05, 0) is 128 Å². The van der Waals surface area contributed by atoms with Crippen molar-refractivity contribution in [3.63, 3.8) is 0 Å². The minimum Gasteiger partial charge on any atom is -0.462 e. The summed E-state index contributed by atoms with van der Waals surface area (Å²) in [5.41, 5.74) is 0. The molecular formula is C83H142O17P2. The number of hydrogen-bond donors (Lipinski definition) is 3. The smallest absolute Gasteiger partial charge is 0.462 e. The van der Waals surface area contributed by atoms with Crippen LogP contribution in [-0.4, -0.2) is 96.7 Å². The highest BCUT2D eigenvalue weighted by Gasteiger charge is 2.30. The third kappa shape index (κ3) is 73.8. The van der Waals surface area contributed by atoms with Gasteiger partial charge in [0.15, 0.2) is 12.2 Å². The summed E-state index contributed by atoms with van der Waals surface area (Å²) >= 11 is 0. The van der Waals surface area contributed by atoms with Gasteiger partial charge in [0, 0.05) is 25.7 Å². The van der Waals surface area contributed by atoms with E-state index in [4.69, 9.17) is 37.0 Å². The molecule has 0 fully saturated rings. The lowest BCUT2D eigenvalue weighted by Crippen LogP contribution is -2.30. The number of unbranched alkanes of at least 4 members (excludes halogenated alkanes) is 28. The molecule has 586 valence electrons. The van der Waals surface area contributed by atoms with Gasteiger partial charge < -0.3 is 33.8 Å². The van der Waals surface area contributed by atoms with E-state index in [1.807, 2.05) is 12.2 Å². The van der Waals surface area contributed by atoms with Gasteiger partial charge in [-0.3, -0.25) is 37.3 Å². The summed E-state index contributed by atoms with van der Waals surface area (Å²) in [5, 5.41) is 10.6. The third-order valence-corrected chi connectivity index (χ3v) is 18.3. The van der Waals surface area contributed by atoms with Crippen LogP contribution in [0.2, 0.25) is 0 Å². The molecule has 0 aromatic rings. The number of ether oxygens (including phenoxy) is 4. The van der Waals surface area contributed by atoms with E-state index in [1.165, 1.54) is 77.0 Å². The SMILES string of the molecule is CC/C=C\C/C=C\C/C=C\C/C=C\C/C=C\CCCC(=O)OCC(COP(=O)(O)OCC(O)COP(=O)(O)OCC(COC(=O)CCCCCCCC/C=C\C/C=C\C/C=C\C/C=C\CC)OC(=O)CCCCCCCCCCCCC)OC(=O)CCCCCCC/C=C\CCCCCCCC. The average Bonchev–Trinajstić information content (AvgIpc) is 0.944. The Morgan fingerprint density at radius 2 is 0.520 bits per heavy atom. The molecule has 0 saturated heterocycles. The number of carbonyl (C=O) groups is 4. The van der Waals surface area contributed by atoms with Crippen LogP contribution in [0.3, 0.4) is 0 Å². The molecule has 0 radical (unpaired) electrons. The van der Waals surface area contributed by atoms with Crippen molar-refractivity contribution in [2.45, 2.75) is 341 Å². The van der Waals surface area contributed by atoms with Crippen LogP contribution < -0.4 is 0 Å². The van der Waals surface area contributed by atoms with Gasteiger partial charge in [0.05, 0.1) is 26.4 Å². The van der Waals surface area contributed by atoms with E-state index in [-0.39, 0.29) is 25.7 Å². The van der Waals surface area contributed by atoms with E-state index in [9.17, 15) is 43.2 Å². The van der Waals surface area contributed by atoms with Crippen molar-refractivity contribution in [3.8, 4) is 0 Å². The molecule has 0 heterocycles. The molecule has 102 heavy (non-hydrogen) atoms. The molecule has 0 bridgehead atoms. The number of esters is 4. The van der Waals surface area contributed by atoms with E-state index in [1.54, 1.807) is 0 Å². The van der Waals surface area contributed by atoms with Gasteiger partial charge in [-0.2, -0.15) is 0 Å². The van der Waals surface area contributed by atoms with Crippen molar-refractivity contribution in [2.75, 3.05) is 39.6 Å². The summed E-state index contributed by atoms with van der Waals surface area (Å²) in [5.74, 6) is -2.26. The van der Waals surface area contributed by atoms with Crippen molar-refractivity contribution in [1.29, 1.82) is 0 Å². The lowest BCUT2D eigenvalue weighted by atomic mass is 10.1. The second-order valence-corrected chi connectivity index (χ2v) is 29.2. The number of rotatable bonds is 74. The van der Waals surface area contributed by atoms with Gasteiger partial charge >= 0.3 is 39.5 Å². The molecular weight excluding hydrogens is 1330 g/mol. The standard InChI is InChI=1S/C83H142O17P2/c1-5-9-13-17-21-25-29-32-35-37-38-40-43-45-49-52-56-60-64-68-80(85)93-73-78(99-82(87)69-65-61-57-53-47-28-24-20-16-12-8-4)75-97-101(89,90)95-71-77(84)72-96-102(91,92)98-76-79(100-83(88)70-66-62-58-54-50-46-41-34-31-27-23-19-15-11-7-3)74-94-81(86)67-63-59-55-51-48-44-42-39-36-33-30-26-22-18-14-10-6-2/h9-10,13-14,21-22,25-26,32-36,38,40-42,44,51,55,77-79,84H,5-8,11-12,15-20,23-24,27-31,37,39,43,45-50,52-54,56-76H2,1-4H3,(H,89,90)(H,91,92)/b13-9-,14-10-,25-21-,26-22-,35-32-,36-33-,40-38-,41-34-,44-42-,55-51-. The Morgan fingerprint density at radius 3 is 0.833 bits per heavy atom. The number of phosphoric acid groups is 2. The fourth-order valence-electron chi connectivity index (χ4n) is 10.4. The van der Waals surface area contributed by atoms with Crippen molar-refractivity contribution in [1.82, 2.24) is 0 Å². The minimum absolute atomic E-state index is 0.0718. The van der Waals surface area contributed by atoms with Gasteiger partial charge in [0.1, 0.15) is 19.3 Å². The molecule has 0 aliphatic rings. The Balaban J connectivity index is 5.37. The Labute approximate surface area is 619 Å². The van der Waals surface area contributed by atoms with Gasteiger partial charge in [-0.1, -0.05) is 290 Å². The largest absolute Gasteiger partial charge is 0.472 e. The van der Waals surface area contributed by atoms with Crippen LogP contribution in [0, 0.1) is 0 Å². The molecule has 0 aliphatic carbocycles. The van der Waals surface area contributed by atoms with E-state index in [0.717, 1.165) is 161 Å². The van der Waals surface area contributed by atoms with E-state index in [2.05, 4.69) is 137 Å². The number of hydrogen-bond acceptors (Lipinski definition) is 15. The highest BCUT2D eigenvalue weighted by molar-refractivity contribution is 7.47. The summed E-state index contributed by atoms with van der Waals surface area (Å²) in [4.78, 5) is 72.9. The minimum atomic E-state index is -4.99. The fraction of sp³-hybridized carbons (Fsp3) is 0.711. The van der Waals surface area contributed by atoms with Crippen molar-refractivity contribution in [2.24, 2.45) is 0 Å². The first kappa shape index (κ1) is 97.5. The Bertz CT molecular complexity index is 2410. The molecule has 5 unspecified atom stereocenters. The number of aliphatic hydroxyl groups is 1. The van der Waals surface area contributed by atoms with Crippen LogP contribution >= 0.6 is 15.6 Å². The second kappa shape index (κ2) is 74.7. The van der Waals surface area contributed by atoms with E-state index in [0.29, 0.717) is 32.1 Å². The maximum Gasteiger partial charge on any atom is 0.472 e. The zero-order valence-electron chi connectivity index (χ0n) is 64.0. The summed E-state index contributed by atoms with van der Waals surface area (Å²) in [6.45, 7) is 4.57. The number of allylic oxidation sites excluding steroid dienone is 20.